The number of benzene rings is 1. The normalized spacial score (nSPS) is 13.1. The molecular formula is C19H23NO4. The number of hydrogen-bond donors (Lipinski definition) is 1. The lowest BCUT2D eigenvalue weighted by atomic mass is 10.1. The van der Waals surface area contributed by atoms with Gasteiger partial charge in [-0.25, -0.2) is 4.79 Å². The molecule has 128 valence electrons. The smallest absolute Gasteiger partial charge is 0.342 e. The lowest BCUT2D eigenvalue weighted by Gasteiger charge is -2.18. The van der Waals surface area contributed by atoms with Crippen LogP contribution in [0.1, 0.15) is 41.9 Å². The van der Waals surface area contributed by atoms with Crippen LogP contribution in [0.2, 0.25) is 0 Å². The van der Waals surface area contributed by atoms with Crippen molar-refractivity contribution >= 4 is 11.9 Å². The third kappa shape index (κ3) is 4.98. The molecule has 1 N–H and O–H groups in total. The Hall–Kier alpha value is -2.56. The maximum absolute atomic E-state index is 12.1. The number of rotatable bonds is 7. The van der Waals surface area contributed by atoms with Gasteiger partial charge in [-0.3, -0.25) is 4.79 Å². The third-order valence-corrected chi connectivity index (χ3v) is 3.83. The Labute approximate surface area is 142 Å². The minimum absolute atomic E-state index is 0.00507. The van der Waals surface area contributed by atoms with Crippen LogP contribution in [0.15, 0.2) is 47.1 Å². The molecular weight excluding hydrogens is 306 g/mol. The van der Waals surface area contributed by atoms with Crippen LogP contribution in [0, 0.1) is 6.92 Å². The van der Waals surface area contributed by atoms with E-state index in [2.05, 4.69) is 17.4 Å². The Morgan fingerprint density at radius 1 is 1.17 bits per heavy atom. The first kappa shape index (κ1) is 17.8. The topological polar surface area (TPSA) is 68.5 Å². The van der Waals surface area contributed by atoms with Gasteiger partial charge in [-0.15, -0.1) is 0 Å². The number of esters is 1. The van der Waals surface area contributed by atoms with Crippen molar-refractivity contribution in [3.8, 4) is 0 Å². The molecule has 0 bridgehead atoms. The summed E-state index contributed by atoms with van der Waals surface area (Å²) in [5.41, 5.74) is 1.57. The van der Waals surface area contributed by atoms with Crippen LogP contribution in [0.25, 0.3) is 0 Å². The zero-order valence-corrected chi connectivity index (χ0v) is 14.2. The molecule has 0 saturated carbocycles. The second kappa shape index (κ2) is 8.34. The number of carbonyl (C=O) groups is 2. The summed E-state index contributed by atoms with van der Waals surface area (Å²) in [5, 5.41) is 2.88. The summed E-state index contributed by atoms with van der Waals surface area (Å²) in [7, 11) is 0. The zero-order chi connectivity index (χ0) is 17.5. The van der Waals surface area contributed by atoms with Crippen LogP contribution >= 0.6 is 0 Å². The molecule has 1 aromatic heterocycles. The molecule has 0 spiro atoms. The third-order valence-electron chi connectivity index (χ3n) is 3.83. The Morgan fingerprint density at radius 3 is 2.50 bits per heavy atom. The van der Waals surface area contributed by atoms with Gasteiger partial charge in [0.15, 0.2) is 6.10 Å². The number of furan rings is 1. The van der Waals surface area contributed by atoms with E-state index in [1.807, 2.05) is 25.1 Å². The molecule has 5 heteroatoms. The SMILES string of the molecule is Cc1occc1C(=O)O[C@H](C)C(=O)N[C@H](C)CCc1ccccc1. The monoisotopic (exact) mass is 329 g/mol. The predicted octanol–water partition coefficient (Wildman–Crippen LogP) is 3.27. The highest BCUT2D eigenvalue weighted by molar-refractivity contribution is 5.92. The molecule has 0 saturated heterocycles. The van der Waals surface area contributed by atoms with E-state index in [1.54, 1.807) is 13.8 Å². The second-order valence-corrected chi connectivity index (χ2v) is 5.87. The maximum Gasteiger partial charge on any atom is 0.342 e. The minimum atomic E-state index is -0.856. The fraction of sp³-hybridized carbons (Fsp3) is 0.368. The van der Waals surface area contributed by atoms with Crippen LogP contribution in [0.4, 0.5) is 0 Å². The van der Waals surface area contributed by atoms with Crippen LogP contribution in [0.5, 0.6) is 0 Å². The Kier molecular flexibility index (Phi) is 6.18. The first-order valence-electron chi connectivity index (χ1n) is 8.06. The van der Waals surface area contributed by atoms with E-state index in [-0.39, 0.29) is 11.9 Å². The van der Waals surface area contributed by atoms with Gasteiger partial charge in [-0.05, 0) is 45.2 Å². The van der Waals surface area contributed by atoms with Crippen molar-refractivity contribution < 1.29 is 18.7 Å². The summed E-state index contributed by atoms with van der Waals surface area (Å²) >= 11 is 0. The van der Waals surface area contributed by atoms with E-state index in [0.717, 1.165) is 12.8 Å². The van der Waals surface area contributed by atoms with Gasteiger partial charge in [-0.1, -0.05) is 30.3 Å². The molecule has 0 aliphatic heterocycles. The van der Waals surface area contributed by atoms with Crippen molar-refractivity contribution in [1.82, 2.24) is 5.32 Å². The van der Waals surface area contributed by atoms with Gasteiger partial charge < -0.3 is 14.5 Å². The molecule has 2 atom stereocenters. The molecule has 1 aromatic carbocycles. The molecule has 2 rings (SSSR count). The van der Waals surface area contributed by atoms with Gasteiger partial charge in [-0.2, -0.15) is 0 Å². The van der Waals surface area contributed by atoms with E-state index in [9.17, 15) is 9.59 Å². The summed E-state index contributed by atoms with van der Waals surface area (Å²) in [6, 6.07) is 11.6. The zero-order valence-electron chi connectivity index (χ0n) is 14.2. The number of ether oxygens (including phenoxy) is 1. The van der Waals surface area contributed by atoms with Crippen molar-refractivity contribution in [2.45, 2.75) is 45.8 Å². The van der Waals surface area contributed by atoms with Crippen molar-refractivity contribution in [3.05, 3.63) is 59.5 Å². The summed E-state index contributed by atoms with van der Waals surface area (Å²) < 4.78 is 10.3. The van der Waals surface area contributed by atoms with Gasteiger partial charge in [0.1, 0.15) is 11.3 Å². The number of carbonyl (C=O) groups excluding carboxylic acids is 2. The average Bonchev–Trinajstić information content (AvgIpc) is 3.00. The van der Waals surface area contributed by atoms with E-state index in [4.69, 9.17) is 9.15 Å². The van der Waals surface area contributed by atoms with E-state index in [1.165, 1.54) is 17.9 Å². The van der Waals surface area contributed by atoms with Gasteiger partial charge in [0, 0.05) is 6.04 Å². The largest absolute Gasteiger partial charge is 0.469 e. The highest BCUT2D eigenvalue weighted by Gasteiger charge is 2.22. The molecule has 1 heterocycles. The lowest BCUT2D eigenvalue weighted by Crippen LogP contribution is -2.41. The molecule has 2 aromatic rings. The van der Waals surface area contributed by atoms with E-state index in [0.29, 0.717) is 11.3 Å². The minimum Gasteiger partial charge on any atom is -0.469 e. The first-order valence-corrected chi connectivity index (χ1v) is 8.06. The molecule has 1 amide bonds. The van der Waals surface area contributed by atoms with Crippen LogP contribution in [-0.2, 0) is 16.0 Å². The molecule has 0 aliphatic rings. The first-order chi connectivity index (χ1) is 11.5. The van der Waals surface area contributed by atoms with Gasteiger partial charge in [0.05, 0.1) is 6.26 Å². The van der Waals surface area contributed by atoms with Gasteiger partial charge >= 0.3 is 5.97 Å². The summed E-state index contributed by atoms with van der Waals surface area (Å²) in [4.78, 5) is 24.1. The predicted molar refractivity (Wildman–Crippen MR) is 90.7 cm³/mol. The fourth-order valence-electron chi connectivity index (χ4n) is 2.33. The summed E-state index contributed by atoms with van der Waals surface area (Å²) in [5.74, 6) is -0.380. The fourth-order valence-corrected chi connectivity index (χ4v) is 2.33. The molecule has 24 heavy (non-hydrogen) atoms. The lowest BCUT2D eigenvalue weighted by molar-refractivity contribution is -0.129. The van der Waals surface area contributed by atoms with Gasteiger partial charge in [0.25, 0.3) is 5.91 Å². The van der Waals surface area contributed by atoms with E-state index >= 15 is 0 Å². The molecule has 0 unspecified atom stereocenters. The van der Waals surface area contributed by atoms with Crippen LogP contribution < -0.4 is 5.32 Å². The molecule has 5 nitrogen and oxygen atoms in total. The van der Waals surface area contributed by atoms with E-state index < -0.39 is 12.1 Å². The molecule has 0 aliphatic carbocycles. The highest BCUT2D eigenvalue weighted by Crippen LogP contribution is 2.12. The number of amides is 1. The number of nitrogens with one attached hydrogen (secondary N) is 1. The Bertz CT molecular complexity index is 678. The van der Waals surface area contributed by atoms with Crippen molar-refractivity contribution in [1.29, 1.82) is 0 Å². The number of aryl methyl sites for hydroxylation is 2. The Morgan fingerprint density at radius 2 is 1.88 bits per heavy atom. The standard InChI is InChI=1S/C19H23NO4/c1-13(9-10-16-7-5-4-6-8-16)20-18(21)15(3)24-19(22)17-11-12-23-14(17)2/h4-8,11-13,15H,9-10H2,1-3H3,(H,20,21)/t13-,15-/m1/s1. The van der Waals surface area contributed by atoms with Gasteiger partial charge in [0.2, 0.25) is 0 Å². The molecule has 0 fully saturated rings. The van der Waals surface area contributed by atoms with Crippen LogP contribution in [0.3, 0.4) is 0 Å². The second-order valence-electron chi connectivity index (χ2n) is 5.87. The van der Waals surface area contributed by atoms with Crippen molar-refractivity contribution in [2.75, 3.05) is 0 Å². The van der Waals surface area contributed by atoms with Crippen molar-refractivity contribution in [3.63, 3.8) is 0 Å². The number of hydrogen-bond acceptors (Lipinski definition) is 4. The Balaban J connectivity index is 1.78. The summed E-state index contributed by atoms with van der Waals surface area (Å²) in [6.07, 6.45) is 2.26. The quantitative estimate of drug-likeness (QED) is 0.792. The van der Waals surface area contributed by atoms with Crippen LogP contribution in [-0.4, -0.2) is 24.0 Å². The highest BCUT2D eigenvalue weighted by atomic mass is 16.5. The maximum atomic E-state index is 12.1. The average molecular weight is 329 g/mol. The van der Waals surface area contributed by atoms with Crippen molar-refractivity contribution in [2.24, 2.45) is 0 Å². The summed E-state index contributed by atoms with van der Waals surface area (Å²) in [6.45, 7) is 5.18. The molecule has 0 radical (unpaired) electrons.